The molecule has 0 saturated carbocycles. The molecule has 0 atom stereocenters. The van der Waals surface area contributed by atoms with Crippen LogP contribution in [0.25, 0.3) is 0 Å². The number of nitrogens with one attached hydrogen (secondary N) is 2. The minimum Gasteiger partial charge on any atom is -0.309 e. The van der Waals surface area contributed by atoms with Gasteiger partial charge in [0.2, 0.25) is 0 Å². The summed E-state index contributed by atoms with van der Waals surface area (Å²) in [6, 6.07) is 1.96. The minimum atomic E-state index is 0.820. The first-order chi connectivity index (χ1) is 7.34. The fraction of sp³-hybridized carbons (Fsp3) is 0.400. The normalized spacial score (nSPS) is 10.7. The Morgan fingerprint density at radius 2 is 2.47 bits per heavy atom. The van der Waals surface area contributed by atoms with E-state index >= 15 is 0 Å². The molecule has 0 bridgehead atoms. The van der Waals surface area contributed by atoms with E-state index in [4.69, 9.17) is 0 Å². The standard InChI is InChI=1S/C10H15N5/c1-9-6-13-15(8-9)5-4-11-7-10-2-3-12-14-10/h2-3,6,8,11H,4-5,7H2,1H3,(H,12,14). The number of aryl methyl sites for hydroxylation is 1. The van der Waals surface area contributed by atoms with E-state index in [1.54, 1.807) is 6.20 Å². The third-order valence-electron chi connectivity index (χ3n) is 2.15. The highest BCUT2D eigenvalue weighted by atomic mass is 15.3. The molecule has 2 aromatic rings. The van der Waals surface area contributed by atoms with Crippen molar-refractivity contribution in [2.45, 2.75) is 20.0 Å². The van der Waals surface area contributed by atoms with Crippen LogP contribution in [0.15, 0.2) is 24.7 Å². The molecule has 2 rings (SSSR count). The van der Waals surface area contributed by atoms with E-state index < -0.39 is 0 Å². The number of aromatic nitrogens is 4. The number of rotatable bonds is 5. The fourth-order valence-corrected chi connectivity index (χ4v) is 1.39. The van der Waals surface area contributed by atoms with Gasteiger partial charge in [-0.3, -0.25) is 9.78 Å². The molecule has 0 aliphatic rings. The second kappa shape index (κ2) is 4.75. The molecule has 0 saturated heterocycles. The Kier molecular flexibility index (Phi) is 3.14. The molecule has 5 heteroatoms. The number of aromatic amines is 1. The molecule has 15 heavy (non-hydrogen) atoms. The largest absolute Gasteiger partial charge is 0.309 e. The maximum Gasteiger partial charge on any atom is 0.0534 e. The van der Waals surface area contributed by atoms with Crippen molar-refractivity contribution in [3.63, 3.8) is 0 Å². The first-order valence-corrected chi connectivity index (χ1v) is 5.02. The van der Waals surface area contributed by atoms with Crippen LogP contribution >= 0.6 is 0 Å². The van der Waals surface area contributed by atoms with Crippen molar-refractivity contribution in [3.05, 3.63) is 35.9 Å². The lowest BCUT2D eigenvalue weighted by molar-refractivity contribution is 0.551. The summed E-state index contributed by atoms with van der Waals surface area (Å²) in [6.45, 7) is 4.66. The molecule has 0 aliphatic heterocycles. The van der Waals surface area contributed by atoms with Crippen LogP contribution in [0, 0.1) is 6.92 Å². The summed E-state index contributed by atoms with van der Waals surface area (Å²) in [5.74, 6) is 0. The molecule has 0 spiro atoms. The van der Waals surface area contributed by atoms with Gasteiger partial charge in [-0.05, 0) is 18.6 Å². The van der Waals surface area contributed by atoms with Crippen molar-refractivity contribution >= 4 is 0 Å². The van der Waals surface area contributed by atoms with Crippen molar-refractivity contribution in [2.75, 3.05) is 6.54 Å². The van der Waals surface area contributed by atoms with Crippen LogP contribution in [0.2, 0.25) is 0 Å². The Labute approximate surface area is 88.5 Å². The van der Waals surface area contributed by atoms with E-state index in [1.165, 1.54) is 5.56 Å². The second-order valence-corrected chi connectivity index (χ2v) is 3.54. The average molecular weight is 205 g/mol. The highest BCUT2D eigenvalue weighted by molar-refractivity contribution is 4.99. The summed E-state index contributed by atoms with van der Waals surface area (Å²) >= 11 is 0. The molecule has 0 aromatic carbocycles. The topological polar surface area (TPSA) is 58.5 Å². The molecular weight excluding hydrogens is 190 g/mol. The van der Waals surface area contributed by atoms with Crippen molar-refractivity contribution in [3.8, 4) is 0 Å². The van der Waals surface area contributed by atoms with Crippen LogP contribution in [-0.2, 0) is 13.1 Å². The van der Waals surface area contributed by atoms with Gasteiger partial charge >= 0.3 is 0 Å². The molecule has 2 aromatic heterocycles. The van der Waals surface area contributed by atoms with Crippen LogP contribution < -0.4 is 5.32 Å². The Morgan fingerprint density at radius 1 is 1.53 bits per heavy atom. The molecule has 0 fully saturated rings. The van der Waals surface area contributed by atoms with E-state index in [9.17, 15) is 0 Å². The lowest BCUT2D eigenvalue weighted by Crippen LogP contribution is -2.19. The quantitative estimate of drug-likeness (QED) is 0.707. The molecule has 0 amide bonds. The van der Waals surface area contributed by atoms with E-state index in [2.05, 4.69) is 20.6 Å². The molecule has 2 N–H and O–H groups in total. The van der Waals surface area contributed by atoms with Crippen molar-refractivity contribution in [1.82, 2.24) is 25.3 Å². The maximum absolute atomic E-state index is 4.21. The van der Waals surface area contributed by atoms with E-state index in [1.807, 2.05) is 30.1 Å². The molecular formula is C10H15N5. The van der Waals surface area contributed by atoms with Gasteiger partial charge in [0.15, 0.2) is 0 Å². The highest BCUT2D eigenvalue weighted by Crippen LogP contribution is 1.93. The molecule has 5 nitrogen and oxygen atoms in total. The van der Waals surface area contributed by atoms with Crippen molar-refractivity contribution < 1.29 is 0 Å². The number of hydrogen-bond acceptors (Lipinski definition) is 3. The van der Waals surface area contributed by atoms with Gasteiger partial charge in [-0.1, -0.05) is 0 Å². The predicted molar refractivity (Wildman–Crippen MR) is 57.3 cm³/mol. The predicted octanol–water partition coefficient (Wildman–Crippen LogP) is 0.704. The van der Waals surface area contributed by atoms with Crippen LogP contribution in [0.1, 0.15) is 11.3 Å². The molecule has 80 valence electrons. The Bertz CT molecular complexity index is 390. The van der Waals surface area contributed by atoms with E-state index in [0.717, 1.165) is 25.3 Å². The zero-order valence-electron chi connectivity index (χ0n) is 8.77. The van der Waals surface area contributed by atoms with Gasteiger partial charge in [0, 0.05) is 31.2 Å². The smallest absolute Gasteiger partial charge is 0.0534 e. The number of H-pyrrole nitrogens is 1. The van der Waals surface area contributed by atoms with Gasteiger partial charge < -0.3 is 5.32 Å². The lowest BCUT2D eigenvalue weighted by Gasteiger charge is -2.02. The Morgan fingerprint density at radius 3 is 3.13 bits per heavy atom. The molecule has 0 aliphatic carbocycles. The van der Waals surface area contributed by atoms with Gasteiger partial charge in [0.25, 0.3) is 0 Å². The summed E-state index contributed by atoms with van der Waals surface area (Å²) in [7, 11) is 0. The van der Waals surface area contributed by atoms with Gasteiger partial charge in [-0.25, -0.2) is 0 Å². The van der Waals surface area contributed by atoms with Crippen molar-refractivity contribution in [2.24, 2.45) is 0 Å². The van der Waals surface area contributed by atoms with Gasteiger partial charge in [-0.2, -0.15) is 10.2 Å². The maximum atomic E-state index is 4.21. The van der Waals surface area contributed by atoms with Gasteiger partial charge in [-0.15, -0.1) is 0 Å². The summed E-state index contributed by atoms with van der Waals surface area (Å²) in [5.41, 5.74) is 2.30. The Balaban J connectivity index is 1.67. The third kappa shape index (κ3) is 2.92. The van der Waals surface area contributed by atoms with Crippen LogP contribution in [0.3, 0.4) is 0 Å². The molecule has 2 heterocycles. The van der Waals surface area contributed by atoms with Gasteiger partial charge in [0.1, 0.15) is 0 Å². The SMILES string of the molecule is Cc1cnn(CCNCc2ccn[nH]2)c1. The molecule has 0 unspecified atom stereocenters. The van der Waals surface area contributed by atoms with Gasteiger partial charge in [0.05, 0.1) is 12.7 Å². The average Bonchev–Trinajstić information content (AvgIpc) is 2.84. The van der Waals surface area contributed by atoms with Crippen LogP contribution in [-0.4, -0.2) is 26.5 Å². The highest BCUT2D eigenvalue weighted by Gasteiger charge is 1.95. The van der Waals surface area contributed by atoms with E-state index in [-0.39, 0.29) is 0 Å². The lowest BCUT2D eigenvalue weighted by atomic mass is 10.4. The first kappa shape index (κ1) is 9.92. The number of hydrogen-bond donors (Lipinski definition) is 2. The third-order valence-corrected chi connectivity index (χ3v) is 2.15. The zero-order chi connectivity index (χ0) is 10.5. The minimum absolute atomic E-state index is 0.820. The summed E-state index contributed by atoms with van der Waals surface area (Å²) in [4.78, 5) is 0. The van der Waals surface area contributed by atoms with Crippen LogP contribution in [0.4, 0.5) is 0 Å². The monoisotopic (exact) mass is 205 g/mol. The fourth-order valence-electron chi connectivity index (χ4n) is 1.39. The van der Waals surface area contributed by atoms with Crippen LogP contribution in [0.5, 0.6) is 0 Å². The summed E-state index contributed by atoms with van der Waals surface area (Å²) in [6.07, 6.45) is 5.67. The zero-order valence-corrected chi connectivity index (χ0v) is 8.77. The van der Waals surface area contributed by atoms with E-state index in [0.29, 0.717) is 0 Å². The van der Waals surface area contributed by atoms with Crippen molar-refractivity contribution in [1.29, 1.82) is 0 Å². The summed E-state index contributed by atoms with van der Waals surface area (Å²) in [5, 5.41) is 14.3. The summed E-state index contributed by atoms with van der Waals surface area (Å²) < 4.78 is 1.94. The number of nitrogens with zero attached hydrogens (tertiary/aromatic N) is 3. The molecule has 0 radical (unpaired) electrons. The second-order valence-electron chi connectivity index (χ2n) is 3.54. The first-order valence-electron chi connectivity index (χ1n) is 5.02. The Hall–Kier alpha value is -1.62.